The molecule has 6 aromatic rings. The molecule has 3 N–H and O–H groups in total. The number of hydrogen-bond donors (Lipinski definition) is 3. The van der Waals surface area contributed by atoms with Gasteiger partial charge in [0.2, 0.25) is 0 Å². The van der Waals surface area contributed by atoms with Crippen LogP contribution in [-0.2, 0) is 6.42 Å². The highest BCUT2D eigenvalue weighted by atomic mass is 16.3. The van der Waals surface area contributed by atoms with Crippen molar-refractivity contribution in [3.05, 3.63) is 139 Å². The highest BCUT2D eigenvalue weighted by Crippen LogP contribution is 2.34. The maximum absolute atomic E-state index is 5.30. The van der Waals surface area contributed by atoms with Crippen LogP contribution in [0, 0.1) is 0 Å². The molecular formula is C35H31N5O. The van der Waals surface area contributed by atoms with Crippen LogP contribution in [0.15, 0.2) is 132 Å². The Bertz CT molecular complexity index is 1930. The van der Waals surface area contributed by atoms with Gasteiger partial charge >= 0.3 is 0 Å². The normalized spacial score (nSPS) is 12.2. The molecule has 6 heteroatoms. The number of fused-ring (bicyclic) bond motifs is 2. The zero-order valence-electron chi connectivity index (χ0n) is 23.2. The van der Waals surface area contributed by atoms with Gasteiger partial charge in [-0.25, -0.2) is 0 Å². The van der Waals surface area contributed by atoms with Crippen LogP contribution in [0.5, 0.6) is 0 Å². The van der Waals surface area contributed by atoms with E-state index >= 15 is 0 Å². The van der Waals surface area contributed by atoms with E-state index in [1.54, 1.807) is 18.7 Å². The van der Waals surface area contributed by atoms with Gasteiger partial charge in [0.05, 0.1) is 29.4 Å². The SMILES string of the molecule is C=C(C)/C=C(\C=C(/C)NC(=C)Cc1ccccc1)c1ccc2[nH]nc(-c3cc4c(-c5ccoc5)nccc4[nH]3)c2c1. The fourth-order valence-corrected chi connectivity index (χ4v) is 5.12. The third-order valence-electron chi connectivity index (χ3n) is 6.90. The van der Waals surface area contributed by atoms with Gasteiger partial charge in [0.1, 0.15) is 5.69 Å². The predicted octanol–water partition coefficient (Wildman–Crippen LogP) is 8.58. The van der Waals surface area contributed by atoms with E-state index < -0.39 is 0 Å². The first kappa shape index (κ1) is 25.9. The maximum atomic E-state index is 5.30. The van der Waals surface area contributed by atoms with Crippen molar-refractivity contribution in [1.29, 1.82) is 0 Å². The van der Waals surface area contributed by atoms with Gasteiger partial charge in [-0.3, -0.25) is 10.1 Å². The number of allylic oxidation sites excluding steroid dienone is 6. The smallest absolute Gasteiger partial charge is 0.116 e. The van der Waals surface area contributed by atoms with Crippen LogP contribution in [0.1, 0.15) is 25.0 Å². The maximum Gasteiger partial charge on any atom is 0.116 e. The van der Waals surface area contributed by atoms with Crippen molar-refractivity contribution in [3.63, 3.8) is 0 Å². The molecule has 0 bridgehead atoms. The summed E-state index contributed by atoms with van der Waals surface area (Å²) in [6.07, 6.45) is 10.2. The fourth-order valence-electron chi connectivity index (χ4n) is 5.12. The first-order valence-electron chi connectivity index (χ1n) is 13.5. The third-order valence-corrected chi connectivity index (χ3v) is 6.90. The van der Waals surface area contributed by atoms with E-state index in [-0.39, 0.29) is 0 Å². The van der Waals surface area contributed by atoms with Crippen LogP contribution in [0.4, 0.5) is 0 Å². The summed E-state index contributed by atoms with van der Waals surface area (Å²) < 4.78 is 5.30. The molecular weight excluding hydrogens is 506 g/mol. The van der Waals surface area contributed by atoms with Gasteiger partial charge in [0.25, 0.3) is 0 Å². The number of aromatic nitrogens is 4. The van der Waals surface area contributed by atoms with Gasteiger partial charge in [-0.05, 0) is 67.0 Å². The zero-order valence-corrected chi connectivity index (χ0v) is 23.2. The largest absolute Gasteiger partial charge is 0.472 e. The number of benzene rings is 2. The quantitative estimate of drug-likeness (QED) is 0.161. The minimum absolute atomic E-state index is 0.762. The van der Waals surface area contributed by atoms with Crippen LogP contribution in [-0.4, -0.2) is 20.2 Å². The molecule has 0 spiro atoms. The summed E-state index contributed by atoms with van der Waals surface area (Å²) in [6, 6.07) is 22.7. The second kappa shape index (κ2) is 11.0. The van der Waals surface area contributed by atoms with Crippen molar-refractivity contribution < 1.29 is 4.42 Å². The van der Waals surface area contributed by atoms with Crippen LogP contribution >= 0.6 is 0 Å². The number of rotatable bonds is 9. The summed E-state index contributed by atoms with van der Waals surface area (Å²) in [4.78, 5) is 8.13. The molecule has 0 atom stereocenters. The van der Waals surface area contributed by atoms with E-state index in [0.29, 0.717) is 0 Å². The first-order valence-corrected chi connectivity index (χ1v) is 13.5. The molecule has 0 aliphatic rings. The molecule has 0 radical (unpaired) electrons. The Balaban J connectivity index is 1.34. The molecule has 0 unspecified atom stereocenters. The number of hydrogen-bond acceptors (Lipinski definition) is 4. The van der Waals surface area contributed by atoms with Gasteiger partial charge in [-0.1, -0.05) is 61.2 Å². The minimum atomic E-state index is 0.762. The Morgan fingerprint density at radius 3 is 2.54 bits per heavy atom. The third kappa shape index (κ3) is 5.54. The van der Waals surface area contributed by atoms with Crippen LogP contribution in [0.2, 0.25) is 0 Å². The van der Waals surface area contributed by atoms with E-state index in [4.69, 9.17) is 4.42 Å². The monoisotopic (exact) mass is 537 g/mol. The lowest BCUT2D eigenvalue weighted by Gasteiger charge is -2.12. The van der Waals surface area contributed by atoms with Crippen molar-refractivity contribution in [1.82, 2.24) is 25.5 Å². The summed E-state index contributed by atoms with van der Waals surface area (Å²) >= 11 is 0. The highest BCUT2D eigenvalue weighted by Gasteiger charge is 2.15. The Morgan fingerprint density at radius 2 is 1.76 bits per heavy atom. The Kier molecular flexibility index (Phi) is 6.96. The standard InChI is InChI=1S/C35H31N5O/c1-22(2)16-28(18-24(4)37-23(3)17-25-8-6-5-7-9-25)26-10-11-32-29(19-26)35(40-39-32)33-20-30-31(38-33)12-14-36-34(30)27-13-15-41-21-27/h5-16,18-21,37-38H,1,3,17H2,2,4H3,(H,39,40)/b24-18+,28-16+. The van der Waals surface area contributed by atoms with Gasteiger partial charge in [0, 0.05) is 45.9 Å². The number of H-pyrrole nitrogens is 2. The van der Waals surface area contributed by atoms with Crippen molar-refractivity contribution in [2.45, 2.75) is 20.3 Å². The fraction of sp³-hybridized carbons (Fsp3) is 0.0857. The minimum Gasteiger partial charge on any atom is -0.472 e. The molecule has 0 aliphatic heterocycles. The molecule has 6 rings (SSSR count). The van der Waals surface area contributed by atoms with Crippen molar-refractivity contribution in [3.8, 4) is 22.6 Å². The van der Waals surface area contributed by atoms with E-state index in [1.807, 2.05) is 37.3 Å². The van der Waals surface area contributed by atoms with E-state index in [0.717, 1.165) is 79.0 Å². The lowest BCUT2D eigenvalue weighted by Crippen LogP contribution is -2.11. The Labute approximate surface area is 238 Å². The Morgan fingerprint density at radius 1 is 0.927 bits per heavy atom. The molecule has 4 aromatic heterocycles. The molecule has 0 fully saturated rings. The van der Waals surface area contributed by atoms with Gasteiger partial charge < -0.3 is 14.7 Å². The van der Waals surface area contributed by atoms with Crippen LogP contribution < -0.4 is 5.32 Å². The molecule has 0 saturated heterocycles. The van der Waals surface area contributed by atoms with Gasteiger partial charge in [0.15, 0.2) is 0 Å². The highest BCUT2D eigenvalue weighted by molar-refractivity contribution is 6.00. The predicted molar refractivity (Wildman–Crippen MR) is 168 cm³/mol. The molecule has 4 heterocycles. The lowest BCUT2D eigenvalue weighted by atomic mass is 9.99. The molecule has 41 heavy (non-hydrogen) atoms. The summed E-state index contributed by atoms with van der Waals surface area (Å²) in [5, 5.41) is 13.4. The average Bonchev–Trinajstić information content (AvgIpc) is 3.72. The van der Waals surface area contributed by atoms with Crippen LogP contribution in [0.25, 0.3) is 50.0 Å². The van der Waals surface area contributed by atoms with Crippen molar-refractivity contribution in [2.24, 2.45) is 0 Å². The molecule has 0 saturated carbocycles. The van der Waals surface area contributed by atoms with E-state index in [9.17, 15) is 0 Å². The Hall–Kier alpha value is -5.36. The van der Waals surface area contributed by atoms with E-state index in [1.165, 1.54) is 5.56 Å². The average molecular weight is 538 g/mol. The van der Waals surface area contributed by atoms with Crippen molar-refractivity contribution in [2.75, 3.05) is 0 Å². The summed E-state index contributed by atoms with van der Waals surface area (Å²) in [6.45, 7) is 12.4. The molecule has 6 nitrogen and oxygen atoms in total. The number of nitrogens with one attached hydrogen (secondary N) is 3. The summed E-state index contributed by atoms with van der Waals surface area (Å²) in [5.74, 6) is 0. The van der Waals surface area contributed by atoms with Gasteiger partial charge in [-0.2, -0.15) is 5.10 Å². The van der Waals surface area contributed by atoms with Crippen LogP contribution in [0.3, 0.4) is 0 Å². The number of aromatic amines is 2. The second-order valence-corrected chi connectivity index (χ2v) is 10.3. The zero-order chi connectivity index (χ0) is 28.3. The van der Waals surface area contributed by atoms with E-state index in [2.05, 4.69) is 94.1 Å². The summed E-state index contributed by atoms with van der Waals surface area (Å²) in [7, 11) is 0. The van der Waals surface area contributed by atoms with Gasteiger partial charge in [-0.15, -0.1) is 0 Å². The molecule has 202 valence electrons. The topological polar surface area (TPSA) is 82.5 Å². The molecule has 0 amide bonds. The number of furan rings is 1. The number of nitrogens with zero attached hydrogens (tertiary/aromatic N) is 2. The summed E-state index contributed by atoms with van der Waals surface area (Å²) in [5.41, 5.74) is 11.8. The number of pyridine rings is 1. The first-order chi connectivity index (χ1) is 19.9. The van der Waals surface area contributed by atoms with Crippen molar-refractivity contribution >= 4 is 27.4 Å². The lowest BCUT2D eigenvalue weighted by molar-refractivity contribution is 0.568. The molecule has 2 aromatic carbocycles. The second-order valence-electron chi connectivity index (χ2n) is 10.3. The molecule has 0 aliphatic carbocycles.